The van der Waals surface area contributed by atoms with Gasteiger partial charge in [0.1, 0.15) is 11.5 Å². The maximum Gasteiger partial charge on any atom is 0.268 e. The minimum absolute atomic E-state index is 0.164. The van der Waals surface area contributed by atoms with Gasteiger partial charge in [-0.2, -0.15) is 0 Å². The van der Waals surface area contributed by atoms with Crippen LogP contribution in [0.1, 0.15) is 40.9 Å². The molecule has 1 aliphatic heterocycles. The second-order valence-electron chi connectivity index (χ2n) is 6.16. The van der Waals surface area contributed by atoms with Crippen molar-refractivity contribution >= 4 is 11.7 Å². The summed E-state index contributed by atoms with van der Waals surface area (Å²) in [5, 5.41) is 3.17. The molecule has 1 saturated heterocycles. The van der Waals surface area contributed by atoms with E-state index in [-0.39, 0.29) is 5.69 Å². The van der Waals surface area contributed by atoms with Crippen LogP contribution in [-0.4, -0.2) is 33.9 Å². The first-order chi connectivity index (χ1) is 11.7. The van der Waals surface area contributed by atoms with E-state index in [9.17, 15) is 4.79 Å². The van der Waals surface area contributed by atoms with Gasteiger partial charge in [-0.3, -0.25) is 14.7 Å². The van der Waals surface area contributed by atoms with Crippen LogP contribution in [0.3, 0.4) is 0 Å². The fourth-order valence-corrected chi connectivity index (χ4v) is 2.90. The van der Waals surface area contributed by atoms with Crippen molar-refractivity contribution in [1.29, 1.82) is 0 Å². The van der Waals surface area contributed by atoms with E-state index in [1.54, 1.807) is 6.20 Å². The Morgan fingerprint density at radius 1 is 1.08 bits per heavy atom. The molecule has 0 saturated carbocycles. The summed E-state index contributed by atoms with van der Waals surface area (Å²) in [6.45, 7) is 4.07. The molecule has 3 N–H and O–H groups in total. The van der Waals surface area contributed by atoms with Crippen LogP contribution in [0, 0.1) is 0 Å². The van der Waals surface area contributed by atoms with Crippen molar-refractivity contribution < 1.29 is 4.79 Å². The molecule has 0 radical (unpaired) electrons. The van der Waals surface area contributed by atoms with Crippen LogP contribution < -0.4 is 11.1 Å². The number of carbonyl (C=O) groups is 1. The molecule has 0 aliphatic carbocycles. The zero-order chi connectivity index (χ0) is 16.8. The Morgan fingerprint density at radius 2 is 1.79 bits per heavy atom. The monoisotopic (exact) mass is 325 g/mol. The molecular weight excluding hydrogens is 302 g/mol. The van der Waals surface area contributed by atoms with Crippen molar-refractivity contribution in [3.05, 3.63) is 53.5 Å². The molecule has 1 aromatic carbocycles. The lowest BCUT2D eigenvalue weighted by atomic mass is 10.1. The van der Waals surface area contributed by atoms with Gasteiger partial charge in [0.25, 0.3) is 5.91 Å². The average molecular weight is 325 g/mol. The molecule has 3 rings (SSSR count). The van der Waals surface area contributed by atoms with Crippen LogP contribution >= 0.6 is 0 Å². The summed E-state index contributed by atoms with van der Waals surface area (Å²) in [4.78, 5) is 21.7. The van der Waals surface area contributed by atoms with Crippen molar-refractivity contribution in [2.45, 2.75) is 32.4 Å². The number of hydrogen-bond donors (Lipinski definition) is 2. The summed E-state index contributed by atoms with van der Waals surface area (Å²) in [6.07, 6.45) is 6.93. The van der Waals surface area contributed by atoms with Gasteiger partial charge >= 0.3 is 0 Å². The largest absolute Gasteiger partial charge is 0.365 e. The second-order valence-corrected chi connectivity index (χ2v) is 6.16. The number of amides is 1. The molecule has 0 bridgehead atoms. The van der Waals surface area contributed by atoms with E-state index in [1.165, 1.54) is 44.1 Å². The van der Waals surface area contributed by atoms with Gasteiger partial charge in [0.05, 0.1) is 12.4 Å². The fraction of sp³-hybridized carbons (Fsp3) is 0.389. The van der Waals surface area contributed by atoms with Crippen molar-refractivity contribution in [2.24, 2.45) is 5.73 Å². The van der Waals surface area contributed by atoms with E-state index in [4.69, 9.17) is 5.73 Å². The smallest absolute Gasteiger partial charge is 0.268 e. The van der Waals surface area contributed by atoms with E-state index in [0.29, 0.717) is 12.4 Å². The highest BCUT2D eigenvalue weighted by atomic mass is 16.1. The highest BCUT2D eigenvalue weighted by Crippen LogP contribution is 2.14. The number of carbonyl (C=O) groups excluding carboxylic acids is 1. The van der Waals surface area contributed by atoms with E-state index in [1.807, 2.05) is 0 Å². The molecular formula is C18H23N5O. The second kappa shape index (κ2) is 7.88. The van der Waals surface area contributed by atoms with Crippen LogP contribution in [0.2, 0.25) is 0 Å². The summed E-state index contributed by atoms with van der Waals surface area (Å²) in [6, 6.07) is 8.60. The van der Waals surface area contributed by atoms with Gasteiger partial charge in [-0.15, -0.1) is 0 Å². The highest BCUT2D eigenvalue weighted by Gasteiger charge is 2.10. The fourth-order valence-electron chi connectivity index (χ4n) is 2.90. The molecule has 2 heterocycles. The summed E-state index contributed by atoms with van der Waals surface area (Å²) in [7, 11) is 0. The Labute approximate surface area is 142 Å². The topological polar surface area (TPSA) is 84.1 Å². The van der Waals surface area contributed by atoms with E-state index >= 15 is 0 Å². The number of primary amides is 1. The number of rotatable bonds is 6. The van der Waals surface area contributed by atoms with Crippen LogP contribution in [0.4, 0.5) is 5.82 Å². The molecule has 2 aromatic rings. The molecule has 1 aliphatic rings. The Balaban J connectivity index is 1.54. The molecule has 0 unspecified atom stereocenters. The SMILES string of the molecule is NC(=O)c1cncc(NCc2ccc(CN3CCCCC3)cc2)n1. The van der Waals surface area contributed by atoms with Gasteiger partial charge < -0.3 is 11.1 Å². The Kier molecular flexibility index (Phi) is 5.38. The van der Waals surface area contributed by atoms with Crippen LogP contribution in [0.15, 0.2) is 36.7 Å². The van der Waals surface area contributed by atoms with Gasteiger partial charge in [-0.05, 0) is 37.1 Å². The maximum atomic E-state index is 11.1. The number of likely N-dealkylation sites (tertiary alicyclic amines) is 1. The minimum Gasteiger partial charge on any atom is -0.365 e. The molecule has 1 amide bonds. The molecule has 1 aromatic heterocycles. The third kappa shape index (κ3) is 4.52. The molecule has 0 spiro atoms. The summed E-state index contributed by atoms with van der Waals surface area (Å²) >= 11 is 0. The number of piperidine rings is 1. The number of aromatic nitrogens is 2. The van der Waals surface area contributed by atoms with Crippen molar-refractivity contribution in [2.75, 3.05) is 18.4 Å². The maximum absolute atomic E-state index is 11.1. The third-order valence-corrected chi connectivity index (χ3v) is 4.24. The van der Waals surface area contributed by atoms with Crippen LogP contribution in [0.5, 0.6) is 0 Å². The van der Waals surface area contributed by atoms with Gasteiger partial charge in [0.2, 0.25) is 0 Å². The molecule has 6 heteroatoms. The van der Waals surface area contributed by atoms with Gasteiger partial charge in [0.15, 0.2) is 0 Å². The van der Waals surface area contributed by atoms with Crippen molar-refractivity contribution in [1.82, 2.24) is 14.9 Å². The van der Waals surface area contributed by atoms with Crippen molar-refractivity contribution in [3.8, 4) is 0 Å². The molecule has 0 atom stereocenters. The van der Waals surface area contributed by atoms with Crippen LogP contribution in [0.25, 0.3) is 0 Å². The summed E-state index contributed by atoms with van der Waals surface area (Å²) in [5.41, 5.74) is 7.87. The molecule has 1 fully saturated rings. The Morgan fingerprint density at radius 3 is 2.50 bits per heavy atom. The first-order valence-corrected chi connectivity index (χ1v) is 8.36. The third-order valence-electron chi connectivity index (χ3n) is 4.24. The predicted molar refractivity (Wildman–Crippen MR) is 93.4 cm³/mol. The standard InChI is InChI=1S/C18H23N5O/c19-18(24)16-11-20-12-17(22-16)21-10-14-4-6-15(7-5-14)13-23-8-2-1-3-9-23/h4-7,11-12H,1-3,8-10,13H2,(H2,19,24)(H,21,22). The first-order valence-electron chi connectivity index (χ1n) is 8.36. The Hall–Kier alpha value is -2.47. The van der Waals surface area contributed by atoms with E-state index in [0.717, 1.165) is 12.1 Å². The lowest BCUT2D eigenvalue weighted by Gasteiger charge is -2.26. The average Bonchev–Trinajstić information content (AvgIpc) is 2.62. The van der Waals surface area contributed by atoms with E-state index < -0.39 is 5.91 Å². The number of nitrogens with two attached hydrogens (primary N) is 1. The lowest BCUT2D eigenvalue weighted by Crippen LogP contribution is -2.29. The predicted octanol–water partition coefficient (Wildman–Crippen LogP) is 2.17. The number of nitrogens with one attached hydrogen (secondary N) is 1. The minimum atomic E-state index is -0.576. The van der Waals surface area contributed by atoms with Gasteiger partial charge in [-0.25, -0.2) is 4.98 Å². The normalized spacial score (nSPS) is 15.2. The van der Waals surface area contributed by atoms with Crippen LogP contribution in [-0.2, 0) is 13.1 Å². The quantitative estimate of drug-likeness (QED) is 0.850. The lowest BCUT2D eigenvalue weighted by molar-refractivity contribution is 0.0995. The highest BCUT2D eigenvalue weighted by molar-refractivity contribution is 5.90. The van der Waals surface area contributed by atoms with Gasteiger partial charge in [-0.1, -0.05) is 30.7 Å². The first kappa shape index (κ1) is 16.4. The summed E-state index contributed by atoms with van der Waals surface area (Å²) in [5.74, 6) is -0.0306. The molecule has 126 valence electrons. The number of nitrogens with zero attached hydrogens (tertiary/aromatic N) is 3. The summed E-state index contributed by atoms with van der Waals surface area (Å²) < 4.78 is 0. The number of benzene rings is 1. The van der Waals surface area contributed by atoms with E-state index in [2.05, 4.69) is 44.5 Å². The molecule has 6 nitrogen and oxygen atoms in total. The molecule has 24 heavy (non-hydrogen) atoms. The Bertz CT molecular complexity index is 680. The zero-order valence-corrected chi connectivity index (χ0v) is 13.7. The van der Waals surface area contributed by atoms with Gasteiger partial charge in [0, 0.05) is 13.1 Å². The number of anilines is 1. The zero-order valence-electron chi connectivity index (χ0n) is 13.7. The van der Waals surface area contributed by atoms with Crippen molar-refractivity contribution in [3.63, 3.8) is 0 Å². The number of hydrogen-bond acceptors (Lipinski definition) is 5.